The van der Waals surface area contributed by atoms with Gasteiger partial charge in [0.05, 0.1) is 29.5 Å². The van der Waals surface area contributed by atoms with Gasteiger partial charge in [-0.1, -0.05) is 12.1 Å². The fraction of sp³-hybridized carbons (Fsp3) is 0.462. The second-order valence-corrected chi connectivity index (χ2v) is 9.59. The first-order valence-electron chi connectivity index (χ1n) is 12.7. The first kappa shape index (κ1) is 32.2. The predicted octanol–water partition coefficient (Wildman–Crippen LogP) is 5.22. The Labute approximate surface area is 243 Å². The monoisotopic (exact) mass is 631 g/mol. The summed E-state index contributed by atoms with van der Waals surface area (Å²) in [5.74, 6) is -6.80. The molecule has 3 aromatic rings. The smallest absolute Gasteiger partial charge is 0.383 e. The van der Waals surface area contributed by atoms with E-state index >= 15 is 0 Å². The van der Waals surface area contributed by atoms with Crippen LogP contribution in [0.25, 0.3) is 10.9 Å². The number of nitrogens with two attached hydrogens (primary N) is 1. The molecule has 41 heavy (non-hydrogen) atoms. The number of pyridine rings is 1. The SMILES string of the molecule is CCN(C(=O)C(=O)Nc1cnc(N)c2cnn(C3CCCCO3)c12)C(C)c1ccc(C(F)(F)C(F)(F)F)cc1C.[Cu]. The minimum Gasteiger partial charge on any atom is -0.383 e. The topological polar surface area (TPSA) is 115 Å². The largest absolute Gasteiger partial charge is 0.458 e. The van der Waals surface area contributed by atoms with Gasteiger partial charge in [0, 0.05) is 35.8 Å². The molecule has 0 bridgehead atoms. The van der Waals surface area contributed by atoms with Crippen molar-refractivity contribution in [3.05, 3.63) is 47.3 Å². The van der Waals surface area contributed by atoms with Crippen molar-refractivity contribution >= 4 is 34.2 Å². The summed E-state index contributed by atoms with van der Waals surface area (Å²) >= 11 is 0. The van der Waals surface area contributed by atoms with E-state index in [9.17, 15) is 31.5 Å². The van der Waals surface area contributed by atoms with Gasteiger partial charge >= 0.3 is 23.9 Å². The Morgan fingerprint density at radius 1 is 1.22 bits per heavy atom. The van der Waals surface area contributed by atoms with Gasteiger partial charge in [-0.05, 0) is 57.2 Å². The number of rotatable bonds is 6. The van der Waals surface area contributed by atoms with Crippen molar-refractivity contribution in [2.75, 3.05) is 24.2 Å². The number of hydrogen-bond acceptors (Lipinski definition) is 6. The average Bonchev–Trinajstić information content (AvgIpc) is 3.36. The zero-order valence-electron chi connectivity index (χ0n) is 22.4. The van der Waals surface area contributed by atoms with E-state index in [-0.39, 0.29) is 46.9 Å². The summed E-state index contributed by atoms with van der Waals surface area (Å²) in [6, 6.07) is 1.71. The summed E-state index contributed by atoms with van der Waals surface area (Å²) in [5, 5.41) is 7.40. The number of nitrogens with one attached hydrogen (secondary N) is 1. The van der Waals surface area contributed by atoms with E-state index in [2.05, 4.69) is 15.4 Å². The van der Waals surface area contributed by atoms with Crippen LogP contribution in [-0.2, 0) is 37.3 Å². The minimum absolute atomic E-state index is 0. The maximum Gasteiger partial charge on any atom is 0.458 e. The first-order chi connectivity index (χ1) is 18.8. The molecule has 2 aromatic heterocycles. The number of aryl methyl sites for hydroxylation is 1. The van der Waals surface area contributed by atoms with Crippen molar-refractivity contribution in [2.24, 2.45) is 0 Å². The summed E-state index contributed by atoms with van der Waals surface area (Å²) in [4.78, 5) is 31.6. The van der Waals surface area contributed by atoms with Crippen LogP contribution in [0.5, 0.6) is 0 Å². The molecule has 2 atom stereocenters. The molecule has 1 aliphatic heterocycles. The molecule has 1 radical (unpaired) electrons. The van der Waals surface area contributed by atoms with Crippen LogP contribution in [0.2, 0.25) is 0 Å². The van der Waals surface area contributed by atoms with Crippen molar-refractivity contribution in [3.8, 4) is 0 Å². The maximum atomic E-state index is 13.8. The Balaban J connectivity index is 0.00000462. The molecule has 0 saturated carbocycles. The molecule has 1 aromatic carbocycles. The van der Waals surface area contributed by atoms with Gasteiger partial charge in [-0.15, -0.1) is 0 Å². The van der Waals surface area contributed by atoms with Gasteiger partial charge in [-0.25, -0.2) is 9.67 Å². The van der Waals surface area contributed by atoms with E-state index in [1.54, 1.807) is 18.5 Å². The molecule has 1 aliphatic rings. The summed E-state index contributed by atoms with van der Waals surface area (Å²) in [7, 11) is 0. The third-order valence-corrected chi connectivity index (χ3v) is 7.04. The zero-order valence-corrected chi connectivity index (χ0v) is 23.3. The van der Waals surface area contributed by atoms with E-state index in [0.717, 1.165) is 25.0 Å². The van der Waals surface area contributed by atoms with Crippen molar-refractivity contribution in [1.29, 1.82) is 0 Å². The number of carbonyl (C=O) groups is 2. The molecule has 1 saturated heterocycles. The Morgan fingerprint density at radius 3 is 2.51 bits per heavy atom. The van der Waals surface area contributed by atoms with Gasteiger partial charge in [0.1, 0.15) is 11.3 Å². The predicted molar refractivity (Wildman–Crippen MR) is 136 cm³/mol. The number of anilines is 2. The number of amides is 2. The Hall–Kier alpha value is -3.29. The van der Waals surface area contributed by atoms with E-state index < -0.39 is 35.5 Å². The fourth-order valence-corrected chi connectivity index (χ4v) is 4.88. The molecule has 1 fully saturated rings. The number of aromatic nitrogens is 3. The Kier molecular flexibility index (Phi) is 9.66. The number of carbonyl (C=O) groups excluding carboxylic acids is 2. The van der Waals surface area contributed by atoms with Gasteiger partial charge in [-0.3, -0.25) is 9.59 Å². The second-order valence-electron chi connectivity index (χ2n) is 9.59. The second kappa shape index (κ2) is 12.3. The summed E-state index contributed by atoms with van der Waals surface area (Å²) in [6.45, 7) is 5.13. The van der Waals surface area contributed by atoms with Gasteiger partial charge in [-0.2, -0.15) is 27.1 Å². The number of nitrogens with zero attached hydrogens (tertiary/aromatic N) is 4. The number of nitrogen functional groups attached to an aromatic ring is 1. The molecular formula is C26H29CuF5N6O3. The Morgan fingerprint density at radius 2 is 1.93 bits per heavy atom. The molecule has 2 unspecified atom stereocenters. The van der Waals surface area contributed by atoms with Gasteiger partial charge in [0.15, 0.2) is 6.23 Å². The zero-order chi connectivity index (χ0) is 29.4. The molecular weight excluding hydrogens is 603 g/mol. The van der Waals surface area contributed by atoms with Gasteiger partial charge in [0.25, 0.3) is 0 Å². The van der Waals surface area contributed by atoms with E-state index in [1.165, 1.54) is 24.2 Å². The summed E-state index contributed by atoms with van der Waals surface area (Å²) < 4.78 is 73.5. The van der Waals surface area contributed by atoms with Crippen LogP contribution in [0.1, 0.15) is 62.1 Å². The summed E-state index contributed by atoms with van der Waals surface area (Å²) in [6.07, 6.45) is -0.798. The van der Waals surface area contributed by atoms with Gasteiger partial charge in [0.2, 0.25) is 0 Å². The number of benzene rings is 1. The number of likely N-dealkylation sites (N-methyl/N-ethyl adjacent to an activating group) is 1. The molecule has 3 N–H and O–H groups in total. The van der Waals surface area contributed by atoms with Crippen molar-refractivity contribution in [2.45, 2.75) is 64.4 Å². The fourth-order valence-electron chi connectivity index (χ4n) is 4.88. The average molecular weight is 632 g/mol. The van der Waals surface area contributed by atoms with Crippen LogP contribution in [0.15, 0.2) is 30.6 Å². The first-order valence-corrected chi connectivity index (χ1v) is 12.7. The van der Waals surface area contributed by atoms with E-state index in [0.29, 0.717) is 35.6 Å². The van der Waals surface area contributed by atoms with Crippen LogP contribution in [0.4, 0.5) is 33.5 Å². The van der Waals surface area contributed by atoms with Gasteiger partial charge < -0.3 is 20.7 Å². The normalized spacial score (nSPS) is 16.6. The van der Waals surface area contributed by atoms with Crippen LogP contribution in [0, 0.1) is 6.92 Å². The molecule has 2 amide bonds. The Bertz CT molecular complexity index is 1420. The molecule has 227 valence electrons. The number of alkyl halides is 5. The number of ether oxygens (including phenoxy) is 1. The van der Waals surface area contributed by atoms with Crippen LogP contribution >= 0.6 is 0 Å². The van der Waals surface area contributed by atoms with Crippen molar-refractivity contribution in [3.63, 3.8) is 0 Å². The molecule has 15 heteroatoms. The molecule has 0 aliphatic carbocycles. The number of halogens is 5. The van der Waals surface area contributed by atoms with Crippen LogP contribution in [0.3, 0.4) is 0 Å². The quantitative estimate of drug-likeness (QED) is 0.219. The maximum absolute atomic E-state index is 13.8. The molecule has 9 nitrogen and oxygen atoms in total. The number of fused-ring (bicyclic) bond motifs is 1. The number of hydrogen-bond donors (Lipinski definition) is 2. The molecule has 3 heterocycles. The standard InChI is InChI=1S/C26H29F5N6O3.Cu/c1-4-36(15(3)17-9-8-16(11-14(17)2)25(27,28)26(29,30)31)24(39)23(38)35-19-13-33-22(32)18-12-34-37(21(18)19)20-7-5-6-10-40-20;/h8-9,11-13,15,20H,4-7,10H2,1-3H3,(H2,32,33)(H,35,38);. The van der Waals surface area contributed by atoms with E-state index in [4.69, 9.17) is 10.5 Å². The van der Waals surface area contributed by atoms with Crippen LogP contribution in [-0.4, -0.2) is 50.8 Å². The van der Waals surface area contributed by atoms with E-state index in [1.807, 2.05) is 0 Å². The van der Waals surface area contributed by atoms with Crippen molar-refractivity contribution in [1.82, 2.24) is 19.7 Å². The minimum atomic E-state index is -5.75. The third-order valence-electron chi connectivity index (χ3n) is 7.04. The van der Waals surface area contributed by atoms with Crippen LogP contribution < -0.4 is 11.1 Å². The summed E-state index contributed by atoms with van der Waals surface area (Å²) in [5.41, 5.74) is 5.85. The third kappa shape index (κ3) is 6.16. The molecule has 4 rings (SSSR count). The van der Waals surface area contributed by atoms with Crippen molar-refractivity contribution < 1.29 is 53.3 Å². The molecule has 0 spiro atoms.